The van der Waals surface area contributed by atoms with E-state index in [1.807, 2.05) is 0 Å². The molecule has 13 heteroatoms. The molecule has 0 bridgehead atoms. The van der Waals surface area contributed by atoms with Crippen LogP contribution >= 0.6 is 0 Å². The quantitative estimate of drug-likeness (QED) is 0.556. The van der Waals surface area contributed by atoms with E-state index in [0.717, 1.165) is 0 Å². The number of alkyl halides is 2. The molecule has 0 saturated carbocycles. The third kappa shape index (κ3) is 3.83. The maximum absolute atomic E-state index is 13.6. The first-order valence-electron chi connectivity index (χ1n) is 9.40. The Morgan fingerprint density at radius 2 is 1.78 bits per heavy atom. The van der Waals surface area contributed by atoms with Crippen LogP contribution in [0.1, 0.15) is 6.42 Å². The van der Waals surface area contributed by atoms with E-state index in [4.69, 9.17) is 18.7 Å². The second-order valence-electron chi connectivity index (χ2n) is 7.02. The van der Waals surface area contributed by atoms with E-state index < -0.39 is 22.5 Å². The van der Waals surface area contributed by atoms with Gasteiger partial charge in [-0.05, 0) is 12.1 Å². The maximum atomic E-state index is 13.6. The number of aromatic nitrogens is 2. The van der Waals surface area contributed by atoms with Crippen molar-refractivity contribution in [1.82, 2.24) is 10.1 Å². The third-order valence-electron chi connectivity index (χ3n) is 4.99. The van der Waals surface area contributed by atoms with Gasteiger partial charge in [-0.25, -0.2) is 17.2 Å². The second-order valence-corrected chi connectivity index (χ2v) is 8.64. The Morgan fingerprint density at radius 1 is 1.12 bits per heavy atom. The molecule has 0 radical (unpaired) electrons. The van der Waals surface area contributed by atoms with Crippen LogP contribution in [-0.4, -0.2) is 58.9 Å². The number of nitrogens with zero attached hydrogens (tertiary/aromatic N) is 3. The van der Waals surface area contributed by atoms with Gasteiger partial charge >= 0.3 is 0 Å². The minimum Gasteiger partial charge on any atom is -0.496 e. The SMILES string of the molecule is COc1cccc(OC)c1S(=O)(=O)Nc1noc2nc(N3CCC(F)(F)C3)cc(OC)c12. The number of benzene rings is 1. The minimum absolute atomic E-state index is 0.0620. The van der Waals surface area contributed by atoms with Crippen molar-refractivity contribution < 1.29 is 35.9 Å². The zero-order chi connectivity index (χ0) is 23.1. The molecular formula is C19H20F2N4O6S. The molecular weight excluding hydrogens is 450 g/mol. The van der Waals surface area contributed by atoms with E-state index in [1.54, 1.807) is 6.07 Å². The molecule has 0 spiro atoms. The van der Waals surface area contributed by atoms with E-state index in [1.165, 1.54) is 44.4 Å². The first kappa shape index (κ1) is 21.9. The molecule has 0 amide bonds. The lowest BCUT2D eigenvalue weighted by Gasteiger charge is -2.17. The fraction of sp³-hybridized carbons (Fsp3) is 0.368. The van der Waals surface area contributed by atoms with Gasteiger partial charge in [0.15, 0.2) is 10.7 Å². The van der Waals surface area contributed by atoms with Crippen LogP contribution in [0.3, 0.4) is 0 Å². The fourth-order valence-electron chi connectivity index (χ4n) is 3.49. The molecule has 1 aliphatic heterocycles. The standard InChI is InChI=1S/C19H20F2N4O6S/c1-28-11-5-4-6-12(29-2)16(11)32(26,27)24-17-15-13(30-3)9-14(22-18(15)31-23-17)25-8-7-19(20,21)10-25/h4-6,9H,7-8,10H2,1-3H3,(H,23,24). The van der Waals surface area contributed by atoms with Crippen molar-refractivity contribution in [2.75, 3.05) is 44.0 Å². The zero-order valence-electron chi connectivity index (χ0n) is 17.4. The van der Waals surface area contributed by atoms with Gasteiger partial charge in [-0.2, -0.15) is 4.98 Å². The number of hydrogen-bond donors (Lipinski definition) is 1. The number of fused-ring (bicyclic) bond motifs is 1. The normalized spacial score (nSPS) is 15.7. The molecule has 3 heterocycles. The lowest BCUT2D eigenvalue weighted by atomic mass is 10.3. The Kier molecular flexibility index (Phi) is 5.44. The molecule has 172 valence electrons. The van der Waals surface area contributed by atoms with Gasteiger partial charge in [0.1, 0.15) is 28.5 Å². The number of hydrogen-bond acceptors (Lipinski definition) is 9. The predicted octanol–water partition coefficient (Wildman–Crippen LogP) is 2.89. The molecule has 0 unspecified atom stereocenters. The van der Waals surface area contributed by atoms with Gasteiger partial charge in [0.2, 0.25) is 0 Å². The molecule has 1 fully saturated rings. The van der Waals surface area contributed by atoms with E-state index in [2.05, 4.69) is 14.9 Å². The predicted molar refractivity (Wildman–Crippen MR) is 110 cm³/mol. The van der Waals surface area contributed by atoms with Crippen LogP contribution in [-0.2, 0) is 10.0 Å². The van der Waals surface area contributed by atoms with Crippen molar-refractivity contribution in [3.05, 3.63) is 24.3 Å². The Balaban J connectivity index is 1.75. The number of methoxy groups -OCH3 is 3. The Morgan fingerprint density at radius 3 is 2.34 bits per heavy atom. The fourth-order valence-corrected chi connectivity index (χ4v) is 4.82. The number of halogens is 2. The van der Waals surface area contributed by atoms with Crippen LogP contribution in [0.4, 0.5) is 20.4 Å². The summed E-state index contributed by atoms with van der Waals surface area (Å²) in [5.41, 5.74) is -0.0701. The largest absolute Gasteiger partial charge is 0.496 e. The summed E-state index contributed by atoms with van der Waals surface area (Å²) in [6.45, 7) is -0.383. The summed E-state index contributed by atoms with van der Waals surface area (Å²) < 4.78 is 76.7. The van der Waals surface area contributed by atoms with Crippen LogP contribution in [0.5, 0.6) is 17.2 Å². The number of anilines is 2. The van der Waals surface area contributed by atoms with Crippen molar-refractivity contribution in [1.29, 1.82) is 0 Å². The smallest absolute Gasteiger partial charge is 0.270 e. The number of rotatable bonds is 7. The summed E-state index contributed by atoms with van der Waals surface area (Å²) in [5.74, 6) is -2.51. The van der Waals surface area contributed by atoms with Gasteiger partial charge in [-0.1, -0.05) is 11.2 Å². The van der Waals surface area contributed by atoms with Crippen LogP contribution in [0.15, 0.2) is 33.7 Å². The summed E-state index contributed by atoms with van der Waals surface area (Å²) in [7, 11) is -0.231. The van der Waals surface area contributed by atoms with Gasteiger partial charge in [-0.3, -0.25) is 4.72 Å². The molecule has 2 aromatic heterocycles. The molecule has 3 aromatic rings. The van der Waals surface area contributed by atoms with Crippen molar-refractivity contribution in [3.8, 4) is 17.2 Å². The van der Waals surface area contributed by atoms with Gasteiger partial charge in [0.05, 0.1) is 27.9 Å². The summed E-state index contributed by atoms with van der Waals surface area (Å²) in [5, 5.41) is 3.90. The van der Waals surface area contributed by atoms with E-state index >= 15 is 0 Å². The Labute approximate surface area is 182 Å². The van der Waals surface area contributed by atoms with Crippen LogP contribution < -0.4 is 23.8 Å². The summed E-state index contributed by atoms with van der Waals surface area (Å²) >= 11 is 0. The van der Waals surface area contributed by atoms with Gasteiger partial charge < -0.3 is 23.6 Å². The third-order valence-corrected chi connectivity index (χ3v) is 6.39. The van der Waals surface area contributed by atoms with Crippen molar-refractivity contribution in [3.63, 3.8) is 0 Å². The highest BCUT2D eigenvalue weighted by Gasteiger charge is 2.39. The number of pyridine rings is 1. The molecule has 10 nitrogen and oxygen atoms in total. The van der Waals surface area contributed by atoms with Crippen LogP contribution in [0, 0.1) is 0 Å². The average molecular weight is 470 g/mol. The molecule has 4 rings (SSSR count). The van der Waals surface area contributed by atoms with Gasteiger partial charge in [0.25, 0.3) is 21.7 Å². The number of ether oxygens (including phenoxy) is 3. The summed E-state index contributed by atoms with van der Waals surface area (Å²) in [4.78, 5) is 5.39. The molecule has 1 aromatic carbocycles. The topological polar surface area (TPSA) is 116 Å². The first-order chi connectivity index (χ1) is 15.2. The Hall–Kier alpha value is -3.35. The lowest BCUT2D eigenvalue weighted by molar-refractivity contribution is 0.0256. The summed E-state index contributed by atoms with van der Waals surface area (Å²) in [6.07, 6.45) is -0.294. The van der Waals surface area contributed by atoms with Crippen LogP contribution in [0.25, 0.3) is 11.1 Å². The maximum Gasteiger partial charge on any atom is 0.270 e. The number of sulfonamides is 1. The summed E-state index contributed by atoms with van der Waals surface area (Å²) in [6, 6.07) is 5.96. The van der Waals surface area contributed by atoms with Gasteiger partial charge in [-0.15, -0.1) is 0 Å². The second kappa shape index (κ2) is 7.97. The number of nitrogens with one attached hydrogen (secondary N) is 1. The van der Waals surface area contributed by atoms with Crippen molar-refractivity contribution in [2.45, 2.75) is 17.2 Å². The Bertz CT molecular complexity index is 1240. The average Bonchev–Trinajstić information content (AvgIpc) is 3.34. The minimum atomic E-state index is -4.24. The highest BCUT2D eigenvalue weighted by Crippen LogP contribution is 2.39. The molecule has 1 N–H and O–H groups in total. The lowest BCUT2D eigenvalue weighted by Crippen LogP contribution is -2.25. The molecule has 0 atom stereocenters. The molecule has 0 aliphatic carbocycles. The zero-order valence-corrected chi connectivity index (χ0v) is 18.2. The molecule has 32 heavy (non-hydrogen) atoms. The van der Waals surface area contributed by atoms with Crippen LogP contribution in [0.2, 0.25) is 0 Å². The van der Waals surface area contributed by atoms with E-state index in [0.29, 0.717) is 0 Å². The highest BCUT2D eigenvalue weighted by molar-refractivity contribution is 7.93. The molecule has 1 saturated heterocycles. The van der Waals surface area contributed by atoms with E-state index in [-0.39, 0.29) is 57.8 Å². The van der Waals surface area contributed by atoms with Crippen molar-refractivity contribution >= 4 is 32.8 Å². The molecule has 1 aliphatic rings. The van der Waals surface area contributed by atoms with E-state index in [9.17, 15) is 17.2 Å². The highest BCUT2D eigenvalue weighted by atomic mass is 32.2. The first-order valence-corrected chi connectivity index (χ1v) is 10.9. The van der Waals surface area contributed by atoms with Gasteiger partial charge in [0, 0.05) is 19.0 Å². The van der Waals surface area contributed by atoms with Crippen molar-refractivity contribution in [2.24, 2.45) is 0 Å². The monoisotopic (exact) mass is 470 g/mol.